The molecule has 0 fully saturated rings. The Morgan fingerprint density at radius 2 is 0.604 bits per heavy atom. The molecule has 0 N–H and O–H groups in total. The van der Waals surface area contributed by atoms with E-state index in [9.17, 15) is 0 Å². The summed E-state index contributed by atoms with van der Waals surface area (Å²) >= 11 is 1.25. The number of methoxy groups -OCH3 is 1. The summed E-state index contributed by atoms with van der Waals surface area (Å²) in [6.07, 6.45) is 0. The van der Waals surface area contributed by atoms with Crippen molar-refractivity contribution in [2.75, 3.05) is 12.0 Å². The minimum Gasteiger partial charge on any atom is -0.497 e. The van der Waals surface area contributed by atoms with Gasteiger partial charge in [0.25, 0.3) is 0 Å². The predicted molar refractivity (Wildman–Crippen MR) is 460 cm³/mol. The van der Waals surface area contributed by atoms with E-state index >= 15 is 0 Å². The van der Waals surface area contributed by atoms with Crippen molar-refractivity contribution in [2.24, 2.45) is 0 Å². The van der Waals surface area contributed by atoms with Crippen LogP contribution in [0, 0.1) is 0 Å². The molecule has 0 radical (unpaired) electrons. The van der Waals surface area contributed by atoms with E-state index in [1.165, 1.54) is 112 Å². The fourth-order valence-electron chi connectivity index (χ4n) is 18.3. The topological polar surface area (TPSA) is 43.2 Å². The fraction of sp³-hybridized carbons (Fsp3) is 0.0286. The van der Waals surface area contributed by atoms with Crippen LogP contribution in [0.3, 0.4) is 0 Å². The summed E-state index contributed by atoms with van der Waals surface area (Å²) in [6.45, 7) is 0. The summed E-state index contributed by atoms with van der Waals surface area (Å²) in [4.78, 5) is 2.28. The minimum atomic E-state index is -0.485. The third-order valence-corrected chi connectivity index (χ3v) is 23.9. The molecule has 5 nitrogen and oxygen atoms in total. The van der Waals surface area contributed by atoms with E-state index in [1.807, 2.05) is 12.1 Å². The molecule has 0 saturated carbocycles. The second kappa shape index (κ2) is 26.7. The zero-order valence-electron chi connectivity index (χ0n) is 60.8. The van der Waals surface area contributed by atoms with Gasteiger partial charge in [-0.2, -0.15) is 8.75 Å². The standard InChI is InChI=1S/C105H70N4OS/c1-110-87-57-47-70(48-58-87)69-43-53-85(54-44-69)108(84-29-15-6-16-30-84)101-64-61-88(102-103(101)107-111-106-102)75-45-55-86(56-46-75)109-99-62-51-76(71-35-39-73(40-36-71)78-49-59-91-89-31-17-19-33-95(89)104(97(91)67-78,80-21-7-2-8-22-80)81-23-9-3-10-24-81)65-93(99)94-66-77(52-63-100(94)109)72-37-41-74(42-38-72)79-50-60-92-90-32-18-20-34-96(90)105(98(92)68-79,82-25-11-4-12-26-82)83-27-13-5-14-28-83/h2-68H,1H3. The molecule has 0 aliphatic heterocycles. The van der Waals surface area contributed by atoms with Crippen molar-refractivity contribution in [2.45, 2.75) is 10.8 Å². The molecule has 2 aromatic heterocycles. The summed E-state index contributed by atoms with van der Waals surface area (Å²) in [5.41, 5.74) is 36.0. The van der Waals surface area contributed by atoms with Crippen molar-refractivity contribution in [3.8, 4) is 100 Å². The van der Waals surface area contributed by atoms with Gasteiger partial charge in [0.05, 0.1) is 46.4 Å². The van der Waals surface area contributed by atoms with Crippen LogP contribution in [0.5, 0.6) is 5.75 Å². The number of rotatable bonds is 15. The number of hydrogen-bond acceptors (Lipinski definition) is 5. The first-order chi connectivity index (χ1) is 55.0. The predicted octanol–water partition coefficient (Wildman–Crippen LogP) is 27.0. The maximum Gasteiger partial charge on any atom is 0.129 e. The third-order valence-electron chi connectivity index (χ3n) is 23.4. The van der Waals surface area contributed by atoms with Gasteiger partial charge in [0.15, 0.2) is 0 Å². The normalized spacial score (nSPS) is 12.9. The first kappa shape index (κ1) is 65.3. The van der Waals surface area contributed by atoms with Crippen LogP contribution in [-0.2, 0) is 10.8 Å². The number of para-hydroxylation sites is 1. The Morgan fingerprint density at radius 1 is 0.270 bits per heavy atom. The molecule has 0 atom stereocenters. The van der Waals surface area contributed by atoms with Crippen LogP contribution in [0.4, 0.5) is 17.1 Å². The van der Waals surface area contributed by atoms with E-state index < -0.39 is 10.8 Å². The number of fused-ring (bicyclic) bond motifs is 10. The van der Waals surface area contributed by atoms with E-state index in [2.05, 4.69) is 404 Å². The maximum absolute atomic E-state index is 5.46. The number of ether oxygens (including phenoxy) is 1. The highest BCUT2D eigenvalue weighted by Gasteiger charge is 2.48. The lowest BCUT2D eigenvalue weighted by Gasteiger charge is -2.34. The molecule has 0 saturated heterocycles. The summed E-state index contributed by atoms with van der Waals surface area (Å²) in [5, 5.41) is 2.35. The second-order valence-corrected chi connectivity index (χ2v) is 29.6. The van der Waals surface area contributed by atoms with Gasteiger partial charge < -0.3 is 14.2 Å². The highest BCUT2D eigenvalue weighted by Crippen LogP contribution is 2.59. The molecule has 0 bridgehead atoms. The van der Waals surface area contributed by atoms with E-state index in [1.54, 1.807) is 7.11 Å². The Labute approximate surface area is 649 Å². The Bertz CT molecular complexity index is 6380. The highest BCUT2D eigenvalue weighted by molar-refractivity contribution is 7.00. The molecule has 21 rings (SSSR count). The lowest BCUT2D eigenvalue weighted by atomic mass is 9.67. The zero-order chi connectivity index (χ0) is 73.6. The molecule has 0 spiro atoms. The molecule has 17 aromatic carbocycles. The van der Waals surface area contributed by atoms with Gasteiger partial charge in [-0.25, -0.2) is 0 Å². The first-order valence-corrected chi connectivity index (χ1v) is 38.7. The van der Waals surface area contributed by atoms with Crippen LogP contribution in [-0.4, -0.2) is 20.4 Å². The summed E-state index contributed by atoms with van der Waals surface area (Å²) in [6, 6.07) is 150. The molecule has 2 heterocycles. The number of anilines is 3. The molecular formula is C105H70N4OS. The SMILES string of the molecule is COc1ccc(-c2ccc(N(c3ccccc3)c3ccc(-c4ccc(-n5c6ccc(-c7ccc(-c8ccc9c(c8)C(c8ccccc8)(c8ccccc8)c8ccccc8-9)cc7)cc6c6cc(-c7ccc(-c8ccc9c(c8)C(c8ccccc8)(c8ccccc8)c8ccccc8-9)cc7)ccc65)cc4)c4nsnc34)cc2)cc1. The molecule has 2 aliphatic carbocycles. The summed E-state index contributed by atoms with van der Waals surface area (Å²) in [7, 11) is 1.70. The number of benzene rings is 17. The smallest absolute Gasteiger partial charge is 0.129 e. The zero-order valence-corrected chi connectivity index (χ0v) is 61.6. The van der Waals surface area contributed by atoms with Gasteiger partial charge in [0, 0.05) is 33.4 Å². The second-order valence-electron chi connectivity index (χ2n) is 29.1. The van der Waals surface area contributed by atoms with Gasteiger partial charge in [-0.3, -0.25) is 0 Å². The average Bonchev–Trinajstić information content (AvgIpc) is 1.54. The van der Waals surface area contributed by atoms with Crippen molar-refractivity contribution >= 4 is 61.6 Å². The lowest BCUT2D eigenvalue weighted by molar-refractivity contribution is 0.415. The Hall–Kier alpha value is -14.0. The number of aromatic nitrogens is 3. The maximum atomic E-state index is 5.46. The number of hydrogen-bond donors (Lipinski definition) is 0. The van der Waals surface area contributed by atoms with Gasteiger partial charge in [-0.05, 0) is 225 Å². The van der Waals surface area contributed by atoms with Crippen molar-refractivity contribution in [3.63, 3.8) is 0 Å². The quantitative estimate of drug-likeness (QED) is 0.103. The molecule has 2 aliphatic rings. The van der Waals surface area contributed by atoms with Crippen molar-refractivity contribution in [1.29, 1.82) is 0 Å². The van der Waals surface area contributed by atoms with E-state index in [0.29, 0.717) is 0 Å². The van der Waals surface area contributed by atoms with Crippen molar-refractivity contribution < 1.29 is 4.74 Å². The van der Waals surface area contributed by atoms with Crippen LogP contribution in [0.2, 0.25) is 0 Å². The van der Waals surface area contributed by atoms with Gasteiger partial charge in [-0.15, -0.1) is 0 Å². The van der Waals surface area contributed by atoms with Crippen molar-refractivity contribution in [3.05, 3.63) is 451 Å². The van der Waals surface area contributed by atoms with Crippen molar-refractivity contribution in [1.82, 2.24) is 13.3 Å². The van der Waals surface area contributed by atoms with Crippen LogP contribution in [0.25, 0.3) is 128 Å². The van der Waals surface area contributed by atoms with Crippen LogP contribution in [0.1, 0.15) is 44.5 Å². The third kappa shape index (κ3) is 10.6. The van der Waals surface area contributed by atoms with E-state index in [0.717, 1.165) is 95.1 Å². The molecular weight excluding hydrogens is 1370 g/mol. The fourth-order valence-corrected chi connectivity index (χ4v) is 18.8. The van der Waals surface area contributed by atoms with E-state index in [-0.39, 0.29) is 0 Å². The monoisotopic (exact) mass is 1430 g/mol. The Kier molecular flexibility index (Phi) is 15.7. The van der Waals surface area contributed by atoms with Gasteiger partial charge in [0.2, 0.25) is 0 Å². The van der Waals surface area contributed by atoms with Gasteiger partial charge in [0.1, 0.15) is 16.8 Å². The number of nitrogens with zero attached hydrogens (tertiary/aromatic N) is 4. The van der Waals surface area contributed by atoms with Crippen LogP contribution < -0.4 is 9.64 Å². The first-order valence-electron chi connectivity index (χ1n) is 37.9. The van der Waals surface area contributed by atoms with Gasteiger partial charge >= 0.3 is 0 Å². The minimum absolute atomic E-state index is 0.485. The van der Waals surface area contributed by atoms with Crippen LogP contribution >= 0.6 is 11.7 Å². The van der Waals surface area contributed by atoms with E-state index in [4.69, 9.17) is 13.5 Å². The summed E-state index contributed by atoms with van der Waals surface area (Å²) < 4.78 is 18.0. The highest BCUT2D eigenvalue weighted by atomic mass is 32.1. The largest absolute Gasteiger partial charge is 0.497 e. The summed E-state index contributed by atoms with van der Waals surface area (Å²) in [5.74, 6) is 0.833. The molecule has 6 heteroatoms. The lowest BCUT2D eigenvalue weighted by Crippen LogP contribution is -2.28. The average molecular weight is 1440 g/mol. The van der Waals surface area contributed by atoms with Crippen LogP contribution in [0.15, 0.2) is 406 Å². The Balaban J connectivity index is 0.653. The molecule has 0 unspecified atom stereocenters. The Morgan fingerprint density at radius 3 is 1.05 bits per heavy atom. The molecule has 0 amide bonds. The molecule has 111 heavy (non-hydrogen) atoms. The van der Waals surface area contributed by atoms with Gasteiger partial charge in [-0.1, -0.05) is 309 Å². The molecule has 19 aromatic rings. The molecule has 522 valence electrons.